The van der Waals surface area contributed by atoms with Crippen LogP contribution in [-0.4, -0.2) is 63.2 Å². The first-order chi connectivity index (χ1) is 16.9. The fourth-order valence-electron chi connectivity index (χ4n) is 3.71. The second-order valence-corrected chi connectivity index (χ2v) is 8.24. The highest BCUT2D eigenvalue weighted by atomic mass is 16.5. The maximum absolute atomic E-state index is 13.5. The van der Waals surface area contributed by atoms with Gasteiger partial charge in [0.1, 0.15) is 5.75 Å². The van der Waals surface area contributed by atoms with E-state index < -0.39 is 0 Å². The molecule has 1 aromatic carbocycles. The van der Waals surface area contributed by atoms with Crippen LogP contribution < -0.4 is 10.6 Å². The van der Waals surface area contributed by atoms with Gasteiger partial charge in [0, 0.05) is 31.9 Å². The summed E-state index contributed by atoms with van der Waals surface area (Å²) in [7, 11) is 3.57. The van der Waals surface area contributed by atoms with Crippen LogP contribution in [0.25, 0.3) is 22.3 Å². The highest BCUT2D eigenvalue weighted by Crippen LogP contribution is 2.29. The monoisotopic (exact) mass is 475 g/mol. The lowest BCUT2D eigenvalue weighted by Crippen LogP contribution is -2.26. The van der Waals surface area contributed by atoms with Gasteiger partial charge in [0.2, 0.25) is 5.89 Å². The first-order valence-corrected chi connectivity index (χ1v) is 11.5. The summed E-state index contributed by atoms with van der Waals surface area (Å²) in [6, 6.07) is 10.3. The molecule has 3 N–H and O–H groups in total. The molecule has 4 rings (SSSR count). The van der Waals surface area contributed by atoms with Gasteiger partial charge in [-0.3, -0.25) is 4.79 Å². The van der Waals surface area contributed by atoms with Crippen LogP contribution in [0.1, 0.15) is 34.7 Å². The smallest absolute Gasteiger partial charge is 0.254 e. The molecule has 0 bridgehead atoms. The van der Waals surface area contributed by atoms with Crippen molar-refractivity contribution in [2.24, 2.45) is 0 Å². The molecule has 10 heteroatoms. The fraction of sp³-hybridized carbons (Fsp3) is 0.320. The molecule has 0 aliphatic carbocycles. The maximum atomic E-state index is 13.5. The molecule has 0 saturated carbocycles. The van der Waals surface area contributed by atoms with Crippen LogP contribution in [0.4, 0.5) is 5.69 Å². The molecule has 1 amide bonds. The molecule has 0 unspecified atom stereocenters. The fourth-order valence-corrected chi connectivity index (χ4v) is 3.71. The van der Waals surface area contributed by atoms with Gasteiger partial charge in [0.05, 0.1) is 40.4 Å². The van der Waals surface area contributed by atoms with E-state index in [1.54, 1.807) is 31.3 Å². The number of nitrogens with one attached hydrogen (secondary N) is 2. The van der Waals surface area contributed by atoms with Crippen molar-refractivity contribution in [2.75, 3.05) is 32.5 Å². The topological polar surface area (TPSA) is 129 Å². The van der Waals surface area contributed by atoms with Crippen LogP contribution >= 0.6 is 0 Å². The number of amides is 1. The van der Waals surface area contributed by atoms with E-state index in [9.17, 15) is 9.90 Å². The minimum Gasteiger partial charge on any atom is -0.508 e. The number of phenolic OH excluding ortho intramolecular Hbond substituents is 1. The van der Waals surface area contributed by atoms with Gasteiger partial charge in [-0.05, 0) is 50.4 Å². The van der Waals surface area contributed by atoms with Crippen molar-refractivity contribution in [3.8, 4) is 17.1 Å². The summed E-state index contributed by atoms with van der Waals surface area (Å²) in [6.45, 7) is 5.64. The number of nitrogens with zero attached hydrogens (tertiary/aromatic N) is 5. The number of phenols is 1. The molecular formula is C25H29N7O3. The number of carbonyl (C=O) groups excluding carboxylic acids is 1. The zero-order chi connectivity index (χ0) is 24.9. The average Bonchev–Trinajstić information content (AvgIpc) is 3.31. The number of fused-ring (bicyclic) bond motifs is 1. The van der Waals surface area contributed by atoms with Crippen LogP contribution in [0.5, 0.6) is 5.75 Å². The Morgan fingerprint density at radius 1 is 1.09 bits per heavy atom. The number of carbonyl (C=O) groups is 1. The second-order valence-electron chi connectivity index (χ2n) is 8.24. The Bertz CT molecular complexity index is 1350. The minimum atomic E-state index is -0.262. The van der Waals surface area contributed by atoms with Crippen LogP contribution in [0.2, 0.25) is 0 Å². The number of benzene rings is 1. The van der Waals surface area contributed by atoms with Crippen molar-refractivity contribution >= 4 is 22.5 Å². The van der Waals surface area contributed by atoms with Gasteiger partial charge >= 0.3 is 0 Å². The predicted molar refractivity (Wildman–Crippen MR) is 133 cm³/mol. The molecule has 0 radical (unpaired) electrons. The van der Waals surface area contributed by atoms with Crippen LogP contribution in [-0.2, 0) is 13.0 Å². The zero-order valence-corrected chi connectivity index (χ0v) is 20.3. The number of hydrogen-bond donors (Lipinski definition) is 3. The van der Waals surface area contributed by atoms with E-state index in [-0.39, 0.29) is 18.2 Å². The maximum Gasteiger partial charge on any atom is 0.254 e. The van der Waals surface area contributed by atoms with Crippen molar-refractivity contribution < 1.29 is 14.4 Å². The van der Waals surface area contributed by atoms with E-state index >= 15 is 0 Å². The summed E-state index contributed by atoms with van der Waals surface area (Å²) in [6.07, 6.45) is 0.648. The van der Waals surface area contributed by atoms with Crippen molar-refractivity contribution in [1.29, 1.82) is 0 Å². The van der Waals surface area contributed by atoms with E-state index in [1.807, 2.05) is 33.0 Å². The molecule has 0 saturated heterocycles. The third kappa shape index (κ3) is 5.38. The molecule has 0 fully saturated rings. The Morgan fingerprint density at radius 2 is 1.91 bits per heavy atom. The molecule has 0 aliphatic heterocycles. The number of pyridine rings is 2. The van der Waals surface area contributed by atoms with E-state index in [1.165, 1.54) is 4.90 Å². The van der Waals surface area contributed by atoms with Gasteiger partial charge in [-0.15, -0.1) is 0 Å². The van der Waals surface area contributed by atoms with Crippen LogP contribution in [0.15, 0.2) is 40.9 Å². The Labute approximate surface area is 203 Å². The molecule has 3 aromatic heterocycles. The van der Waals surface area contributed by atoms with Gasteiger partial charge in [-0.1, -0.05) is 12.1 Å². The molecule has 0 atom stereocenters. The molecule has 3 heterocycles. The summed E-state index contributed by atoms with van der Waals surface area (Å²) >= 11 is 0. The SMILES string of the molecule is CCc1noc(CN(C)C(=O)c2cc(-c3ccc(NCCNC)c(C)n3)nc3ccc(O)cc23)n1. The van der Waals surface area contributed by atoms with Gasteiger partial charge in [0.15, 0.2) is 5.82 Å². The standard InChI is InChI=1S/C25H29N7O3/c1-5-23-30-24(35-31-23)14-32(4)25(34)18-13-22(29-20-7-6-16(33)12-17(18)20)21-9-8-19(15(2)28-21)27-11-10-26-3/h6-9,12-13,26-27,33H,5,10-11,14H2,1-4H3. The lowest BCUT2D eigenvalue weighted by Gasteiger charge is -2.17. The molecule has 0 spiro atoms. The molecular weight excluding hydrogens is 446 g/mol. The summed E-state index contributed by atoms with van der Waals surface area (Å²) < 4.78 is 5.24. The number of anilines is 1. The Kier molecular flexibility index (Phi) is 7.21. The third-order valence-electron chi connectivity index (χ3n) is 5.61. The number of aryl methyl sites for hydroxylation is 2. The first kappa shape index (κ1) is 24.1. The second kappa shape index (κ2) is 10.5. The lowest BCUT2D eigenvalue weighted by molar-refractivity contribution is 0.0771. The first-order valence-electron chi connectivity index (χ1n) is 11.5. The number of likely N-dealkylation sites (N-methyl/N-ethyl adjacent to an activating group) is 1. The van der Waals surface area contributed by atoms with Crippen molar-refractivity contribution in [3.63, 3.8) is 0 Å². The summed E-state index contributed by atoms with van der Waals surface area (Å²) in [5.74, 6) is 0.743. The third-order valence-corrected chi connectivity index (χ3v) is 5.61. The molecule has 182 valence electrons. The van der Waals surface area contributed by atoms with Gasteiger partial charge < -0.3 is 25.2 Å². The number of aromatic hydroxyl groups is 1. The average molecular weight is 476 g/mol. The summed E-state index contributed by atoms with van der Waals surface area (Å²) in [5, 5.41) is 21.0. The zero-order valence-electron chi connectivity index (χ0n) is 20.3. The van der Waals surface area contributed by atoms with Gasteiger partial charge in [-0.25, -0.2) is 9.97 Å². The van der Waals surface area contributed by atoms with E-state index in [2.05, 4.69) is 20.8 Å². The Hall–Kier alpha value is -4.05. The highest BCUT2D eigenvalue weighted by Gasteiger charge is 2.20. The summed E-state index contributed by atoms with van der Waals surface area (Å²) in [5.41, 5.74) is 3.97. The lowest BCUT2D eigenvalue weighted by atomic mass is 10.0. The Balaban J connectivity index is 1.70. The normalized spacial score (nSPS) is 11.1. The highest BCUT2D eigenvalue weighted by molar-refractivity contribution is 6.07. The number of hydrogen-bond acceptors (Lipinski definition) is 9. The minimum absolute atomic E-state index is 0.0548. The Morgan fingerprint density at radius 3 is 2.63 bits per heavy atom. The van der Waals surface area contributed by atoms with Crippen LogP contribution in [0, 0.1) is 6.92 Å². The molecule has 0 aliphatic rings. The molecule has 10 nitrogen and oxygen atoms in total. The van der Waals surface area contributed by atoms with Gasteiger partial charge in [0.25, 0.3) is 5.91 Å². The number of rotatable bonds is 9. The van der Waals surface area contributed by atoms with Crippen molar-refractivity contribution in [3.05, 3.63) is 59.4 Å². The molecule has 35 heavy (non-hydrogen) atoms. The van der Waals surface area contributed by atoms with Crippen molar-refractivity contribution in [1.82, 2.24) is 30.3 Å². The molecule has 4 aromatic rings. The van der Waals surface area contributed by atoms with Crippen molar-refractivity contribution in [2.45, 2.75) is 26.8 Å². The predicted octanol–water partition coefficient (Wildman–Crippen LogP) is 3.16. The van der Waals surface area contributed by atoms with E-state index in [0.29, 0.717) is 46.0 Å². The van der Waals surface area contributed by atoms with E-state index in [0.717, 1.165) is 24.5 Å². The van der Waals surface area contributed by atoms with Crippen LogP contribution in [0.3, 0.4) is 0 Å². The summed E-state index contributed by atoms with van der Waals surface area (Å²) in [4.78, 5) is 28.7. The quantitative estimate of drug-likeness (QED) is 0.313. The van der Waals surface area contributed by atoms with Gasteiger partial charge in [-0.2, -0.15) is 4.98 Å². The number of aromatic nitrogens is 4. The largest absolute Gasteiger partial charge is 0.508 e. The van der Waals surface area contributed by atoms with E-state index in [4.69, 9.17) is 14.5 Å².